The molecule has 118 valence electrons. The molecule has 0 unspecified atom stereocenters. The van der Waals surface area contributed by atoms with Crippen LogP contribution >= 0.6 is 0 Å². The predicted molar refractivity (Wildman–Crippen MR) is 86.3 cm³/mol. The van der Waals surface area contributed by atoms with Crippen LogP contribution in [0.4, 0.5) is 0 Å². The number of nitrogens with one attached hydrogen (secondary N) is 1. The highest BCUT2D eigenvalue weighted by molar-refractivity contribution is 5.94. The molecule has 0 aliphatic carbocycles. The smallest absolute Gasteiger partial charge is 0.251 e. The van der Waals surface area contributed by atoms with Gasteiger partial charge in [-0.05, 0) is 50.0 Å². The van der Waals surface area contributed by atoms with Gasteiger partial charge in [0, 0.05) is 25.3 Å². The van der Waals surface area contributed by atoms with Crippen molar-refractivity contribution in [3.05, 3.63) is 35.4 Å². The second-order valence-corrected chi connectivity index (χ2v) is 6.62. The van der Waals surface area contributed by atoms with Crippen LogP contribution in [0.3, 0.4) is 0 Å². The number of benzene rings is 1. The number of hydrogen-bond acceptors (Lipinski definition) is 3. The molecule has 0 bridgehead atoms. The van der Waals surface area contributed by atoms with Crippen molar-refractivity contribution >= 4 is 5.91 Å². The molecule has 1 amide bonds. The Morgan fingerprint density at radius 3 is 2.38 bits per heavy atom. The highest BCUT2D eigenvalue weighted by atomic mass is 16.3. The van der Waals surface area contributed by atoms with Crippen LogP contribution < -0.4 is 5.32 Å². The molecule has 0 radical (unpaired) electrons. The summed E-state index contributed by atoms with van der Waals surface area (Å²) in [6, 6.07) is 7.71. The van der Waals surface area contributed by atoms with Crippen LogP contribution in [0.1, 0.15) is 42.6 Å². The molecule has 0 aromatic heterocycles. The van der Waals surface area contributed by atoms with E-state index >= 15 is 0 Å². The fraction of sp³-hybridized carbons (Fsp3) is 0.588. The summed E-state index contributed by atoms with van der Waals surface area (Å²) in [6.45, 7) is 5.74. The maximum absolute atomic E-state index is 12.0. The van der Waals surface area contributed by atoms with Crippen LogP contribution in [0.5, 0.6) is 0 Å². The van der Waals surface area contributed by atoms with Gasteiger partial charge in [-0.1, -0.05) is 26.0 Å². The maximum atomic E-state index is 12.0. The number of aliphatic hydroxyl groups is 1. The lowest BCUT2D eigenvalue weighted by atomic mass is 9.89. The minimum Gasteiger partial charge on any atom is -0.396 e. The first-order valence-electron chi connectivity index (χ1n) is 7.47. The molecule has 4 nitrogen and oxygen atoms in total. The quantitative estimate of drug-likeness (QED) is 0.723. The fourth-order valence-electron chi connectivity index (χ4n) is 2.08. The summed E-state index contributed by atoms with van der Waals surface area (Å²) in [5.41, 5.74) is 1.82. The van der Waals surface area contributed by atoms with Gasteiger partial charge in [-0.3, -0.25) is 4.79 Å². The van der Waals surface area contributed by atoms with Crippen LogP contribution in [0.25, 0.3) is 0 Å². The minimum absolute atomic E-state index is 0.0341. The molecule has 1 aromatic rings. The number of amides is 1. The van der Waals surface area contributed by atoms with E-state index in [-0.39, 0.29) is 17.9 Å². The van der Waals surface area contributed by atoms with Crippen molar-refractivity contribution < 1.29 is 9.90 Å². The summed E-state index contributed by atoms with van der Waals surface area (Å²) in [5, 5.41) is 12.1. The third-order valence-corrected chi connectivity index (χ3v) is 3.46. The molecule has 0 saturated heterocycles. The van der Waals surface area contributed by atoms with Crippen molar-refractivity contribution in [2.45, 2.75) is 33.2 Å². The van der Waals surface area contributed by atoms with E-state index in [2.05, 4.69) is 10.2 Å². The van der Waals surface area contributed by atoms with Crippen LogP contribution in [-0.4, -0.2) is 43.2 Å². The number of carbonyl (C=O) groups is 1. The lowest BCUT2D eigenvalue weighted by molar-refractivity contribution is 0.0948. The zero-order valence-electron chi connectivity index (χ0n) is 13.6. The number of aliphatic hydroxyl groups excluding tert-OH is 1. The van der Waals surface area contributed by atoms with E-state index in [1.165, 1.54) is 5.56 Å². The molecule has 0 atom stereocenters. The molecule has 0 aliphatic heterocycles. The van der Waals surface area contributed by atoms with Crippen molar-refractivity contribution in [2.75, 3.05) is 27.2 Å². The molecule has 1 rings (SSSR count). The molecule has 0 aliphatic rings. The number of carbonyl (C=O) groups excluding carboxylic acids is 1. The largest absolute Gasteiger partial charge is 0.396 e. The Morgan fingerprint density at radius 2 is 1.86 bits per heavy atom. The average Bonchev–Trinajstić information content (AvgIpc) is 2.43. The Hall–Kier alpha value is -1.39. The molecule has 4 heteroatoms. The normalized spacial score (nSPS) is 11.7. The number of nitrogens with zero attached hydrogens (tertiary/aromatic N) is 1. The Balaban J connectivity index is 2.38. The van der Waals surface area contributed by atoms with Crippen molar-refractivity contribution in [3.63, 3.8) is 0 Å². The first-order valence-corrected chi connectivity index (χ1v) is 7.47. The Bertz CT molecular complexity index is 439. The van der Waals surface area contributed by atoms with E-state index in [1.807, 2.05) is 52.2 Å². The second-order valence-electron chi connectivity index (χ2n) is 6.62. The summed E-state index contributed by atoms with van der Waals surface area (Å²) in [7, 11) is 4.04. The molecule has 0 saturated carbocycles. The first-order chi connectivity index (χ1) is 9.84. The van der Waals surface area contributed by atoms with Crippen LogP contribution in [0, 0.1) is 5.41 Å². The van der Waals surface area contributed by atoms with E-state index in [0.717, 1.165) is 19.4 Å². The highest BCUT2D eigenvalue weighted by Gasteiger charge is 2.15. The lowest BCUT2D eigenvalue weighted by Crippen LogP contribution is -2.26. The van der Waals surface area contributed by atoms with E-state index < -0.39 is 0 Å². The van der Waals surface area contributed by atoms with Crippen LogP contribution in [0.15, 0.2) is 24.3 Å². The summed E-state index contributed by atoms with van der Waals surface area (Å²) in [6.07, 6.45) is 1.77. The predicted octanol–water partition coefficient (Wildman–Crippen LogP) is 2.28. The molecular weight excluding hydrogens is 264 g/mol. The number of rotatable bonds is 8. The zero-order chi connectivity index (χ0) is 15.9. The summed E-state index contributed by atoms with van der Waals surface area (Å²) in [4.78, 5) is 14.1. The SMILES string of the molecule is CN(C)Cc1ccc(C(=O)NCCCC(C)(C)CO)cc1. The van der Waals surface area contributed by atoms with Gasteiger partial charge < -0.3 is 15.3 Å². The van der Waals surface area contributed by atoms with Gasteiger partial charge in [0.25, 0.3) is 5.91 Å². The van der Waals surface area contributed by atoms with Crippen molar-refractivity contribution in [1.29, 1.82) is 0 Å². The second kappa shape index (κ2) is 8.15. The van der Waals surface area contributed by atoms with Gasteiger partial charge in [0.15, 0.2) is 0 Å². The maximum Gasteiger partial charge on any atom is 0.251 e. The van der Waals surface area contributed by atoms with Gasteiger partial charge in [0.1, 0.15) is 0 Å². The third-order valence-electron chi connectivity index (χ3n) is 3.46. The van der Waals surface area contributed by atoms with Gasteiger partial charge in [-0.25, -0.2) is 0 Å². The van der Waals surface area contributed by atoms with Gasteiger partial charge in [-0.2, -0.15) is 0 Å². The van der Waals surface area contributed by atoms with Gasteiger partial charge in [-0.15, -0.1) is 0 Å². The topological polar surface area (TPSA) is 52.6 Å². The van der Waals surface area contributed by atoms with Crippen molar-refractivity contribution in [3.8, 4) is 0 Å². The van der Waals surface area contributed by atoms with Crippen LogP contribution in [0.2, 0.25) is 0 Å². The standard InChI is InChI=1S/C17H28N2O2/c1-17(2,13-20)10-5-11-18-16(21)15-8-6-14(7-9-15)12-19(3)4/h6-9,20H,5,10-13H2,1-4H3,(H,18,21). The van der Waals surface area contributed by atoms with Gasteiger partial charge >= 0.3 is 0 Å². The van der Waals surface area contributed by atoms with Crippen molar-refractivity contribution in [2.24, 2.45) is 5.41 Å². The van der Waals surface area contributed by atoms with Crippen molar-refractivity contribution in [1.82, 2.24) is 10.2 Å². The summed E-state index contributed by atoms with van der Waals surface area (Å²) >= 11 is 0. The van der Waals surface area contributed by atoms with E-state index in [9.17, 15) is 9.90 Å². The molecule has 1 aromatic carbocycles. The minimum atomic E-state index is -0.0709. The highest BCUT2D eigenvalue weighted by Crippen LogP contribution is 2.20. The lowest BCUT2D eigenvalue weighted by Gasteiger charge is -2.21. The fourth-order valence-corrected chi connectivity index (χ4v) is 2.08. The average molecular weight is 292 g/mol. The zero-order valence-corrected chi connectivity index (χ0v) is 13.6. The summed E-state index contributed by atoms with van der Waals surface area (Å²) < 4.78 is 0. The Kier molecular flexibility index (Phi) is 6.85. The molecule has 0 heterocycles. The van der Waals surface area contributed by atoms with E-state index in [1.54, 1.807) is 0 Å². The van der Waals surface area contributed by atoms with E-state index in [4.69, 9.17) is 0 Å². The molecule has 0 spiro atoms. The Labute approximate surface area is 128 Å². The Morgan fingerprint density at radius 1 is 1.24 bits per heavy atom. The molecule has 2 N–H and O–H groups in total. The van der Waals surface area contributed by atoms with Gasteiger partial charge in [0.05, 0.1) is 0 Å². The first kappa shape index (κ1) is 17.7. The van der Waals surface area contributed by atoms with Gasteiger partial charge in [0.2, 0.25) is 0 Å². The van der Waals surface area contributed by atoms with Crippen LogP contribution in [-0.2, 0) is 6.54 Å². The molecule has 21 heavy (non-hydrogen) atoms. The third kappa shape index (κ3) is 6.74. The number of hydrogen-bond donors (Lipinski definition) is 2. The summed E-state index contributed by atoms with van der Waals surface area (Å²) in [5.74, 6) is -0.0341. The van der Waals surface area contributed by atoms with E-state index in [0.29, 0.717) is 12.1 Å². The molecular formula is C17H28N2O2. The molecule has 0 fully saturated rings. The monoisotopic (exact) mass is 292 g/mol.